The first-order chi connectivity index (χ1) is 13.0. The summed E-state index contributed by atoms with van der Waals surface area (Å²) in [5.74, 6) is -0.137. The SMILES string of the molecule is Cc1ccc(C(NC(=O)C(C)Oc2ccc(F)cc2)c2ccccc2)cc1. The second-order valence-corrected chi connectivity index (χ2v) is 6.48. The third-order valence-electron chi connectivity index (χ3n) is 4.33. The first-order valence-electron chi connectivity index (χ1n) is 8.87. The highest BCUT2D eigenvalue weighted by atomic mass is 19.1. The monoisotopic (exact) mass is 363 g/mol. The van der Waals surface area contributed by atoms with E-state index in [9.17, 15) is 9.18 Å². The van der Waals surface area contributed by atoms with Gasteiger partial charge < -0.3 is 10.1 Å². The third kappa shape index (κ3) is 4.94. The Morgan fingerprint density at radius 2 is 1.48 bits per heavy atom. The molecule has 2 unspecified atom stereocenters. The minimum absolute atomic E-state index is 0.242. The summed E-state index contributed by atoms with van der Waals surface area (Å²) in [6, 6.07) is 23.2. The number of ether oxygens (including phenoxy) is 1. The molecule has 0 saturated carbocycles. The zero-order valence-electron chi connectivity index (χ0n) is 15.4. The van der Waals surface area contributed by atoms with Crippen LogP contribution in [0.25, 0.3) is 0 Å². The lowest BCUT2D eigenvalue weighted by Crippen LogP contribution is -2.39. The molecule has 3 aromatic carbocycles. The molecule has 0 heterocycles. The van der Waals surface area contributed by atoms with E-state index in [2.05, 4.69) is 5.32 Å². The van der Waals surface area contributed by atoms with Gasteiger partial charge in [0, 0.05) is 0 Å². The van der Waals surface area contributed by atoms with Gasteiger partial charge in [0.1, 0.15) is 11.6 Å². The van der Waals surface area contributed by atoms with Crippen molar-refractivity contribution in [3.05, 3.63) is 101 Å². The topological polar surface area (TPSA) is 38.3 Å². The van der Waals surface area contributed by atoms with Crippen LogP contribution in [0.3, 0.4) is 0 Å². The lowest BCUT2D eigenvalue weighted by atomic mass is 9.97. The molecule has 0 radical (unpaired) electrons. The van der Waals surface area contributed by atoms with Crippen molar-refractivity contribution < 1.29 is 13.9 Å². The number of benzene rings is 3. The van der Waals surface area contributed by atoms with Crippen LogP contribution >= 0.6 is 0 Å². The normalized spacial score (nSPS) is 12.9. The molecule has 0 aliphatic carbocycles. The van der Waals surface area contributed by atoms with E-state index < -0.39 is 6.10 Å². The number of nitrogens with one attached hydrogen (secondary N) is 1. The number of amides is 1. The van der Waals surface area contributed by atoms with Crippen molar-refractivity contribution in [1.82, 2.24) is 5.32 Å². The number of hydrogen-bond donors (Lipinski definition) is 1. The van der Waals surface area contributed by atoms with Gasteiger partial charge in [-0.05, 0) is 49.2 Å². The molecule has 2 atom stereocenters. The molecule has 1 N–H and O–H groups in total. The van der Waals surface area contributed by atoms with Crippen molar-refractivity contribution in [1.29, 1.82) is 0 Å². The van der Waals surface area contributed by atoms with Crippen LogP contribution < -0.4 is 10.1 Å². The average molecular weight is 363 g/mol. The second kappa shape index (κ2) is 8.49. The first-order valence-corrected chi connectivity index (χ1v) is 8.87. The molecule has 0 saturated heterocycles. The zero-order chi connectivity index (χ0) is 19.2. The van der Waals surface area contributed by atoms with E-state index in [-0.39, 0.29) is 17.8 Å². The van der Waals surface area contributed by atoms with E-state index in [1.807, 2.05) is 61.5 Å². The van der Waals surface area contributed by atoms with E-state index in [0.29, 0.717) is 5.75 Å². The van der Waals surface area contributed by atoms with E-state index in [1.165, 1.54) is 24.3 Å². The number of halogens is 1. The van der Waals surface area contributed by atoms with Crippen molar-refractivity contribution in [2.75, 3.05) is 0 Å². The van der Waals surface area contributed by atoms with E-state index in [1.54, 1.807) is 6.92 Å². The number of carbonyl (C=O) groups excluding carboxylic acids is 1. The molecular formula is C23H22FNO2. The highest BCUT2D eigenvalue weighted by Gasteiger charge is 2.21. The van der Waals surface area contributed by atoms with Gasteiger partial charge in [-0.25, -0.2) is 4.39 Å². The summed E-state index contributed by atoms with van der Waals surface area (Å²) in [7, 11) is 0. The van der Waals surface area contributed by atoms with Crippen molar-refractivity contribution in [3.63, 3.8) is 0 Å². The van der Waals surface area contributed by atoms with Gasteiger partial charge in [-0.2, -0.15) is 0 Å². The van der Waals surface area contributed by atoms with Gasteiger partial charge in [0.25, 0.3) is 5.91 Å². The minimum atomic E-state index is -0.716. The second-order valence-electron chi connectivity index (χ2n) is 6.48. The van der Waals surface area contributed by atoms with Crippen LogP contribution in [0.5, 0.6) is 5.75 Å². The predicted octanol–water partition coefficient (Wildman–Crippen LogP) is 4.81. The molecule has 0 aromatic heterocycles. The zero-order valence-corrected chi connectivity index (χ0v) is 15.4. The quantitative estimate of drug-likeness (QED) is 0.683. The third-order valence-corrected chi connectivity index (χ3v) is 4.33. The van der Waals surface area contributed by atoms with Crippen molar-refractivity contribution in [2.45, 2.75) is 26.0 Å². The smallest absolute Gasteiger partial charge is 0.261 e. The Balaban J connectivity index is 1.77. The van der Waals surface area contributed by atoms with Gasteiger partial charge in [-0.1, -0.05) is 60.2 Å². The highest BCUT2D eigenvalue weighted by molar-refractivity contribution is 5.81. The first kappa shape index (κ1) is 18.6. The molecule has 0 aliphatic heterocycles. The molecule has 4 heteroatoms. The number of carbonyl (C=O) groups is 1. The molecule has 0 bridgehead atoms. The van der Waals surface area contributed by atoms with Crippen LogP contribution in [0, 0.1) is 12.7 Å². The molecule has 0 aliphatic rings. The molecule has 3 nitrogen and oxygen atoms in total. The maximum absolute atomic E-state index is 13.0. The lowest BCUT2D eigenvalue weighted by molar-refractivity contribution is -0.127. The van der Waals surface area contributed by atoms with Crippen LogP contribution in [-0.4, -0.2) is 12.0 Å². The fourth-order valence-corrected chi connectivity index (χ4v) is 2.79. The summed E-state index contributed by atoms with van der Waals surface area (Å²) in [5.41, 5.74) is 3.14. The van der Waals surface area contributed by atoms with E-state index in [0.717, 1.165) is 16.7 Å². The van der Waals surface area contributed by atoms with Crippen LogP contribution in [0.4, 0.5) is 4.39 Å². The molecule has 3 aromatic rings. The fourth-order valence-electron chi connectivity index (χ4n) is 2.79. The van der Waals surface area contributed by atoms with Gasteiger partial charge in [-0.15, -0.1) is 0 Å². The predicted molar refractivity (Wildman–Crippen MR) is 104 cm³/mol. The Labute approximate surface area is 158 Å². The Bertz CT molecular complexity index is 877. The Morgan fingerprint density at radius 3 is 2.11 bits per heavy atom. The Kier molecular flexibility index (Phi) is 5.87. The summed E-state index contributed by atoms with van der Waals surface area (Å²) >= 11 is 0. The summed E-state index contributed by atoms with van der Waals surface area (Å²) in [6.45, 7) is 3.70. The Morgan fingerprint density at radius 1 is 0.889 bits per heavy atom. The van der Waals surface area contributed by atoms with Gasteiger partial charge in [0.15, 0.2) is 6.10 Å². The molecule has 3 rings (SSSR count). The average Bonchev–Trinajstić information content (AvgIpc) is 2.69. The summed E-state index contributed by atoms with van der Waals surface area (Å²) in [5, 5.41) is 3.06. The Hall–Kier alpha value is -3.14. The number of aryl methyl sites for hydroxylation is 1. The number of hydrogen-bond acceptors (Lipinski definition) is 2. The molecule has 138 valence electrons. The van der Waals surface area contributed by atoms with Crippen molar-refractivity contribution in [2.24, 2.45) is 0 Å². The molecule has 1 amide bonds. The maximum Gasteiger partial charge on any atom is 0.261 e. The molecule has 27 heavy (non-hydrogen) atoms. The fraction of sp³-hybridized carbons (Fsp3) is 0.174. The molecule has 0 fully saturated rings. The number of rotatable bonds is 6. The van der Waals surface area contributed by atoms with Crippen molar-refractivity contribution >= 4 is 5.91 Å². The molecular weight excluding hydrogens is 341 g/mol. The standard InChI is InChI=1S/C23H22FNO2/c1-16-8-10-19(11-9-16)22(18-6-4-3-5-7-18)25-23(26)17(2)27-21-14-12-20(24)13-15-21/h3-15,17,22H,1-2H3,(H,25,26). The van der Waals surface area contributed by atoms with Crippen LogP contribution in [0.2, 0.25) is 0 Å². The van der Waals surface area contributed by atoms with E-state index >= 15 is 0 Å². The molecule has 0 spiro atoms. The highest BCUT2D eigenvalue weighted by Crippen LogP contribution is 2.23. The van der Waals surface area contributed by atoms with Crippen LogP contribution in [-0.2, 0) is 4.79 Å². The minimum Gasteiger partial charge on any atom is -0.481 e. The largest absolute Gasteiger partial charge is 0.481 e. The van der Waals surface area contributed by atoms with Gasteiger partial charge in [0.2, 0.25) is 0 Å². The van der Waals surface area contributed by atoms with Crippen LogP contribution in [0.15, 0.2) is 78.9 Å². The van der Waals surface area contributed by atoms with E-state index in [4.69, 9.17) is 4.74 Å². The maximum atomic E-state index is 13.0. The van der Waals surface area contributed by atoms with Gasteiger partial charge in [0.05, 0.1) is 6.04 Å². The van der Waals surface area contributed by atoms with Crippen molar-refractivity contribution in [3.8, 4) is 5.75 Å². The summed E-state index contributed by atoms with van der Waals surface area (Å²) in [4.78, 5) is 12.7. The lowest BCUT2D eigenvalue weighted by Gasteiger charge is -2.23. The van der Waals surface area contributed by atoms with Crippen LogP contribution in [0.1, 0.15) is 29.7 Å². The van der Waals surface area contributed by atoms with Gasteiger partial charge >= 0.3 is 0 Å². The van der Waals surface area contributed by atoms with Gasteiger partial charge in [-0.3, -0.25) is 4.79 Å². The summed E-state index contributed by atoms with van der Waals surface area (Å²) in [6.07, 6.45) is -0.716. The summed E-state index contributed by atoms with van der Waals surface area (Å²) < 4.78 is 18.7.